The summed E-state index contributed by atoms with van der Waals surface area (Å²) in [4.78, 5) is 24.3. The van der Waals surface area contributed by atoms with E-state index in [9.17, 15) is 14.0 Å². The van der Waals surface area contributed by atoms with Crippen molar-refractivity contribution in [2.75, 3.05) is 27.9 Å². The molecule has 132 valence electrons. The second-order valence-corrected chi connectivity index (χ2v) is 5.03. The van der Waals surface area contributed by atoms with Gasteiger partial charge in [0.05, 0.1) is 27.9 Å². The monoisotopic (exact) mass is 347 g/mol. The summed E-state index contributed by atoms with van der Waals surface area (Å²) in [5.74, 6) is -0.217. The average molecular weight is 347 g/mol. The van der Waals surface area contributed by atoms with E-state index >= 15 is 0 Å². The lowest BCUT2D eigenvalue weighted by Gasteiger charge is -2.14. The normalized spacial score (nSPS) is 10.1. The van der Waals surface area contributed by atoms with Crippen LogP contribution in [0.15, 0.2) is 36.4 Å². The number of benzene rings is 2. The zero-order valence-corrected chi connectivity index (χ0v) is 14.1. The Hall–Kier alpha value is -3.09. The highest BCUT2D eigenvalue weighted by Crippen LogP contribution is 2.38. The number of carbonyl (C=O) groups is 2. The van der Waals surface area contributed by atoms with Crippen LogP contribution in [0.4, 0.5) is 4.39 Å². The van der Waals surface area contributed by atoms with Crippen LogP contribution in [-0.4, -0.2) is 39.6 Å². The molecule has 0 spiro atoms. The fourth-order valence-electron chi connectivity index (χ4n) is 2.21. The molecular weight excluding hydrogens is 329 g/mol. The Morgan fingerprint density at radius 3 is 1.96 bits per heavy atom. The van der Waals surface area contributed by atoms with Crippen molar-refractivity contribution in [3.05, 3.63) is 53.3 Å². The van der Waals surface area contributed by atoms with Crippen molar-refractivity contribution in [3.8, 4) is 17.2 Å². The third-order valence-electron chi connectivity index (χ3n) is 3.50. The third kappa shape index (κ3) is 4.26. The Kier molecular flexibility index (Phi) is 5.94. The highest BCUT2D eigenvalue weighted by Gasteiger charge is 2.17. The molecule has 0 atom stereocenters. The maximum Gasteiger partial charge on any atom is 0.251 e. The standard InChI is InChI=1S/C18H18FNO5/c1-23-15-8-12(9-16(24-2)17(15)25-3)18(22)20-10-14(21)11-4-6-13(19)7-5-11/h4-9H,10H2,1-3H3,(H,20,22). The van der Waals surface area contributed by atoms with Crippen LogP contribution < -0.4 is 19.5 Å². The quantitative estimate of drug-likeness (QED) is 0.779. The van der Waals surface area contributed by atoms with E-state index in [4.69, 9.17) is 14.2 Å². The van der Waals surface area contributed by atoms with Gasteiger partial charge in [-0.3, -0.25) is 9.59 Å². The molecule has 2 rings (SSSR count). The van der Waals surface area contributed by atoms with E-state index in [-0.39, 0.29) is 17.9 Å². The number of methoxy groups -OCH3 is 3. The van der Waals surface area contributed by atoms with Crippen molar-refractivity contribution >= 4 is 11.7 Å². The van der Waals surface area contributed by atoms with E-state index in [1.165, 1.54) is 57.7 Å². The van der Waals surface area contributed by atoms with Gasteiger partial charge in [0.25, 0.3) is 5.91 Å². The number of amides is 1. The molecule has 2 aromatic rings. The van der Waals surface area contributed by atoms with Crippen LogP contribution >= 0.6 is 0 Å². The Bertz CT molecular complexity index is 749. The molecule has 0 radical (unpaired) electrons. The summed E-state index contributed by atoms with van der Waals surface area (Å²) in [6.45, 7) is -0.221. The molecule has 0 fully saturated rings. The molecule has 6 nitrogen and oxygen atoms in total. The SMILES string of the molecule is COc1cc(C(=O)NCC(=O)c2ccc(F)cc2)cc(OC)c1OC. The third-order valence-corrected chi connectivity index (χ3v) is 3.50. The van der Waals surface area contributed by atoms with E-state index in [0.29, 0.717) is 22.8 Å². The fourth-order valence-corrected chi connectivity index (χ4v) is 2.21. The molecule has 0 bridgehead atoms. The van der Waals surface area contributed by atoms with Crippen LogP contribution in [0.25, 0.3) is 0 Å². The Morgan fingerprint density at radius 2 is 1.48 bits per heavy atom. The van der Waals surface area contributed by atoms with Crippen molar-refractivity contribution in [2.24, 2.45) is 0 Å². The molecule has 0 saturated carbocycles. The number of hydrogen-bond donors (Lipinski definition) is 1. The van der Waals surface area contributed by atoms with Gasteiger partial charge in [0.1, 0.15) is 5.82 Å². The van der Waals surface area contributed by atoms with Crippen LogP contribution in [0.2, 0.25) is 0 Å². The molecule has 0 heterocycles. The van der Waals surface area contributed by atoms with Gasteiger partial charge < -0.3 is 19.5 Å². The number of halogens is 1. The Balaban J connectivity index is 2.12. The number of carbonyl (C=O) groups excluding carboxylic acids is 2. The van der Waals surface area contributed by atoms with Crippen molar-refractivity contribution in [2.45, 2.75) is 0 Å². The van der Waals surface area contributed by atoms with Crippen molar-refractivity contribution < 1.29 is 28.2 Å². The number of Topliss-reactive ketones (excluding diaryl/α,β-unsaturated/α-hetero) is 1. The van der Waals surface area contributed by atoms with Crippen molar-refractivity contribution in [1.82, 2.24) is 5.32 Å². The topological polar surface area (TPSA) is 73.9 Å². The highest BCUT2D eigenvalue weighted by molar-refractivity contribution is 6.02. The lowest BCUT2D eigenvalue weighted by atomic mass is 10.1. The van der Waals surface area contributed by atoms with Crippen LogP contribution in [-0.2, 0) is 0 Å². The minimum absolute atomic E-state index is 0.221. The number of ether oxygens (including phenoxy) is 3. The largest absolute Gasteiger partial charge is 0.493 e. The minimum atomic E-state index is -0.477. The predicted octanol–water partition coefficient (Wildman–Crippen LogP) is 2.46. The molecule has 0 unspecified atom stereocenters. The summed E-state index contributed by atoms with van der Waals surface area (Å²) >= 11 is 0. The summed E-state index contributed by atoms with van der Waals surface area (Å²) in [5.41, 5.74) is 0.563. The molecular formula is C18H18FNO5. The van der Waals surface area contributed by atoms with Crippen LogP contribution in [0.3, 0.4) is 0 Å². The summed E-state index contributed by atoms with van der Waals surface area (Å²) in [5, 5.41) is 2.52. The number of nitrogens with one attached hydrogen (secondary N) is 1. The molecule has 0 aliphatic rings. The van der Waals surface area contributed by atoms with E-state index < -0.39 is 11.7 Å². The summed E-state index contributed by atoms with van der Waals surface area (Å²) < 4.78 is 28.4. The zero-order chi connectivity index (χ0) is 18.4. The summed E-state index contributed by atoms with van der Waals surface area (Å²) in [7, 11) is 4.34. The first-order valence-corrected chi connectivity index (χ1v) is 7.37. The number of ketones is 1. The Labute approximate surface area is 144 Å². The first-order chi connectivity index (χ1) is 12.0. The molecule has 25 heavy (non-hydrogen) atoms. The predicted molar refractivity (Wildman–Crippen MR) is 89.2 cm³/mol. The summed E-state index contributed by atoms with van der Waals surface area (Å²) in [6, 6.07) is 8.08. The smallest absolute Gasteiger partial charge is 0.251 e. The lowest BCUT2D eigenvalue weighted by molar-refractivity contribution is 0.0903. The first kappa shape index (κ1) is 18.3. The maximum absolute atomic E-state index is 12.9. The van der Waals surface area contributed by atoms with Gasteiger partial charge in [-0.1, -0.05) is 0 Å². The van der Waals surface area contributed by atoms with E-state index in [2.05, 4.69) is 5.32 Å². The zero-order valence-electron chi connectivity index (χ0n) is 14.1. The van der Waals surface area contributed by atoms with E-state index in [0.717, 1.165) is 0 Å². The fraction of sp³-hybridized carbons (Fsp3) is 0.222. The molecule has 2 aromatic carbocycles. The van der Waals surface area contributed by atoms with Gasteiger partial charge in [-0.25, -0.2) is 4.39 Å². The maximum atomic E-state index is 12.9. The van der Waals surface area contributed by atoms with Gasteiger partial charge in [0, 0.05) is 11.1 Å². The van der Waals surface area contributed by atoms with E-state index in [1.54, 1.807) is 0 Å². The molecule has 1 N–H and O–H groups in total. The Morgan fingerprint density at radius 1 is 0.920 bits per heavy atom. The van der Waals surface area contributed by atoms with Gasteiger partial charge >= 0.3 is 0 Å². The minimum Gasteiger partial charge on any atom is -0.493 e. The highest BCUT2D eigenvalue weighted by atomic mass is 19.1. The van der Waals surface area contributed by atoms with Gasteiger partial charge in [0.15, 0.2) is 17.3 Å². The van der Waals surface area contributed by atoms with Gasteiger partial charge in [0.2, 0.25) is 5.75 Å². The van der Waals surface area contributed by atoms with Gasteiger partial charge in [-0.15, -0.1) is 0 Å². The van der Waals surface area contributed by atoms with Crippen LogP contribution in [0.5, 0.6) is 17.2 Å². The molecule has 7 heteroatoms. The average Bonchev–Trinajstić information content (AvgIpc) is 2.64. The molecule has 0 saturated heterocycles. The summed E-state index contributed by atoms with van der Waals surface area (Å²) in [6.07, 6.45) is 0. The van der Waals surface area contributed by atoms with Crippen LogP contribution in [0.1, 0.15) is 20.7 Å². The second kappa shape index (κ2) is 8.14. The second-order valence-electron chi connectivity index (χ2n) is 5.03. The number of hydrogen-bond acceptors (Lipinski definition) is 5. The van der Waals surface area contributed by atoms with Crippen molar-refractivity contribution in [3.63, 3.8) is 0 Å². The van der Waals surface area contributed by atoms with E-state index in [1.807, 2.05) is 0 Å². The molecule has 1 amide bonds. The van der Waals surface area contributed by atoms with Crippen LogP contribution in [0, 0.1) is 5.82 Å². The molecule has 0 aliphatic heterocycles. The lowest BCUT2D eigenvalue weighted by Crippen LogP contribution is -2.29. The van der Waals surface area contributed by atoms with Crippen molar-refractivity contribution in [1.29, 1.82) is 0 Å². The van der Waals surface area contributed by atoms with Gasteiger partial charge in [-0.05, 0) is 36.4 Å². The molecule has 0 aromatic heterocycles. The number of rotatable bonds is 7. The molecule has 0 aliphatic carbocycles. The first-order valence-electron chi connectivity index (χ1n) is 7.37. The van der Waals surface area contributed by atoms with Gasteiger partial charge in [-0.2, -0.15) is 0 Å².